The van der Waals surface area contributed by atoms with Crippen LogP contribution in [-0.2, 0) is 16.6 Å². The average molecular weight is 295 g/mol. The van der Waals surface area contributed by atoms with E-state index in [2.05, 4.69) is 4.98 Å². The van der Waals surface area contributed by atoms with E-state index in [9.17, 15) is 8.42 Å². The van der Waals surface area contributed by atoms with E-state index in [0.29, 0.717) is 29.6 Å². The lowest BCUT2D eigenvalue weighted by Gasteiger charge is -2.30. The molecule has 2 fully saturated rings. The summed E-state index contributed by atoms with van der Waals surface area (Å²) in [6, 6.07) is 3.52. The Morgan fingerprint density at radius 3 is 2.75 bits per heavy atom. The Hall–Kier alpha value is -0.980. The van der Waals surface area contributed by atoms with Crippen molar-refractivity contribution in [3.8, 4) is 0 Å². The third kappa shape index (κ3) is 2.36. The molecule has 1 aliphatic carbocycles. The van der Waals surface area contributed by atoms with Gasteiger partial charge < -0.3 is 5.73 Å². The van der Waals surface area contributed by atoms with Crippen molar-refractivity contribution in [1.82, 2.24) is 9.29 Å². The normalized spacial score (nSPS) is 27.4. The second-order valence-corrected chi connectivity index (χ2v) is 7.60. The smallest absolute Gasteiger partial charge is 0.244 e. The number of sulfonamides is 1. The molecule has 1 saturated carbocycles. The quantitative estimate of drug-likeness (QED) is 0.916. The maximum atomic E-state index is 12.7. The minimum atomic E-state index is -3.40. The van der Waals surface area contributed by atoms with Gasteiger partial charge in [-0.05, 0) is 37.3 Å². The Morgan fingerprint density at radius 1 is 1.25 bits per heavy atom. The largest absolute Gasteiger partial charge is 0.325 e. The molecule has 1 aliphatic heterocycles. The van der Waals surface area contributed by atoms with Crippen molar-refractivity contribution in [3.63, 3.8) is 0 Å². The lowest BCUT2D eigenvalue weighted by molar-refractivity contribution is 0.260. The number of nitrogens with zero attached hydrogens (tertiary/aromatic N) is 2. The van der Waals surface area contributed by atoms with Crippen molar-refractivity contribution < 1.29 is 8.42 Å². The fourth-order valence-electron chi connectivity index (χ4n) is 3.48. The van der Waals surface area contributed by atoms with Gasteiger partial charge >= 0.3 is 0 Å². The second-order valence-electron chi connectivity index (χ2n) is 5.71. The Morgan fingerprint density at radius 2 is 2.05 bits per heavy atom. The molecule has 1 aromatic rings. The first kappa shape index (κ1) is 14.0. The third-order valence-corrected chi connectivity index (χ3v) is 6.48. The van der Waals surface area contributed by atoms with Crippen molar-refractivity contribution in [2.24, 2.45) is 11.7 Å². The summed E-state index contributed by atoms with van der Waals surface area (Å²) in [6.07, 6.45) is 6.98. The molecular weight excluding hydrogens is 274 g/mol. The van der Waals surface area contributed by atoms with Crippen LogP contribution < -0.4 is 5.73 Å². The van der Waals surface area contributed by atoms with E-state index in [0.717, 1.165) is 19.3 Å². The highest BCUT2D eigenvalue weighted by Crippen LogP contribution is 2.38. The zero-order valence-electron chi connectivity index (χ0n) is 11.5. The van der Waals surface area contributed by atoms with Gasteiger partial charge in [0.15, 0.2) is 0 Å². The van der Waals surface area contributed by atoms with Crippen molar-refractivity contribution in [1.29, 1.82) is 0 Å². The fourth-order valence-corrected chi connectivity index (χ4v) is 5.16. The molecule has 20 heavy (non-hydrogen) atoms. The van der Waals surface area contributed by atoms with E-state index in [-0.39, 0.29) is 6.04 Å². The molecule has 2 heterocycles. The van der Waals surface area contributed by atoms with Gasteiger partial charge in [0, 0.05) is 25.3 Å². The maximum absolute atomic E-state index is 12.7. The standard InChI is InChI=1S/C14H21N3O2S/c15-9-12-5-6-13(10-16-12)20(18,19)17-8-7-11-3-1-2-4-14(11)17/h5-6,10-11,14H,1-4,7-9,15H2. The molecule has 0 aromatic carbocycles. The van der Waals surface area contributed by atoms with E-state index >= 15 is 0 Å². The SMILES string of the molecule is NCc1ccc(S(=O)(=O)N2CCC3CCCCC32)cn1. The van der Waals surface area contributed by atoms with Crippen LogP contribution in [0.3, 0.4) is 0 Å². The molecule has 0 radical (unpaired) electrons. The minimum absolute atomic E-state index is 0.197. The van der Waals surface area contributed by atoms with Gasteiger partial charge in [-0.15, -0.1) is 0 Å². The predicted octanol–water partition coefficient (Wildman–Crippen LogP) is 1.49. The molecule has 2 atom stereocenters. The molecule has 1 saturated heterocycles. The lowest BCUT2D eigenvalue weighted by atomic mass is 9.86. The maximum Gasteiger partial charge on any atom is 0.244 e. The van der Waals surface area contributed by atoms with E-state index in [1.165, 1.54) is 19.0 Å². The van der Waals surface area contributed by atoms with Gasteiger partial charge in [0.25, 0.3) is 0 Å². The van der Waals surface area contributed by atoms with Gasteiger partial charge in [0.1, 0.15) is 4.90 Å². The highest BCUT2D eigenvalue weighted by atomic mass is 32.2. The Bertz CT molecular complexity index is 571. The van der Waals surface area contributed by atoms with Crippen molar-refractivity contribution >= 4 is 10.0 Å². The lowest BCUT2D eigenvalue weighted by Crippen LogP contribution is -2.39. The molecule has 110 valence electrons. The highest BCUT2D eigenvalue weighted by molar-refractivity contribution is 7.89. The third-order valence-electron chi connectivity index (χ3n) is 4.57. The number of hydrogen-bond acceptors (Lipinski definition) is 4. The van der Waals surface area contributed by atoms with Crippen LogP contribution in [0.2, 0.25) is 0 Å². The number of pyridine rings is 1. The molecule has 2 aliphatic rings. The second kappa shape index (κ2) is 5.42. The number of hydrogen-bond donors (Lipinski definition) is 1. The van der Waals surface area contributed by atoms with Gasteiger partial charge in [-0.25, -0.2) is 8.42 Å². The Balaban J connectivity index is 1.87. The fraction of sp³-hybridized carbons (Fsp3) is 0.643. The summed E-state index contributed by atoms with van der Waals surface area (Å²) in [5.74, 6) is 0.551. The monoisotopic (exact) mass is 295 g/mol. The van der Waals surface area contributed by atoms with Crippen molar-refractivity contribution in [3.05, 3.63) is 24.0 Å². The van der Waals surface area contributed by atoms with E-state index in [1.54, 1.807) is 16.4 Å². The van der Waals surface area contributed by atoms with Crippen LogP contribution in [0.15, 0.2) is 23.2 Å². The summed E-state index contributed by atoms with van der Waals surface area (Å²) in [4.78, 5) is 4.40. The molecule has 0 spiro atoms. The van der Waals surface area contributed by atoms with Gasteiger partial charge in [0.2, 0.25) is 10.0 Å². The Kier molecular flexibility index (Phi) is 3.79. The van der Waals surface area contributed by atoms with E-state index in [4.69, 9.17) is 5.73 Å². The molecule has 3 rings (SSSR count). The summed E-state index contributed by atoms with van der Waals surface area (Å²) >= 11 is 0. The zero-order valence-corrected chi connectivity index (χ0v) is 12.3. The van der Waals surface area contributed by atoms with Gasteiger partial charge in [-0.1, -0.05) is 12.8 Å². The first-order valence-electron chi connectivity index (χ1n) is 7.30. The van der Waals surface area contributed by atoms with Crippen LogP contribution in [0, 0.1) is 5.92 Å². The molecular formula is C14H21N3O2S. The van der Waals surface area contributed by atoms with Gasteiger partial charge in [-0.2, -0.15) is 4.31 Å². The number of nitrogens with two attached hydrogens (primary N) is 1. The predicted molar refractivity (Wildman–Crippen MR) is 76.4 cm³/mol. The van der Waals surface area contributed by atoms with Gasteiger partial charge in [-0.3, -0.25) is 4.98 Å². The van der Waals surface area contributed by atoms with E-state index in [1.807, 2.05) is 0 Å². The van der Waals surface area contributed by atoms with Gasteiger partial charge in [0.05, 0.1) is 5.69 Å². The average Bonchev–Trinajstić information content (AvgIpc) is 2.92. The topological polar surface area (TPSA) is 76.3 Å². The molecule has 2 N–H and O–H groups in total. The number of rotatable bonds is 3. The summed E-state index contributed by atoms with van der Waals surface area (Å²) < 4.78 is 27.2. The van der Waals surface area contributed by atoms with Crippen LogP contribution in [0.5, 0.6) is 0 Å². The molecule has 1 aromatic heterocycles. The summed E-state index contributed by atoms with van der Waals surface area (Å²) in [6.45, 7) is 0.977. The van der Waals surface area contributed by atoms with Crippen LogP contribution in [0.4, 0.5) is 0 Å². The van der Waals surface area contributed by atoms with Crippen LogP contribution in [-0.4, -0.2) is 30.3 Å². The molecule has 5 nitrogen and oxygen atoms in total. The van der Waals surface area contributed by atoms with Crippen molar-refractivity contribution in [2.45, 2.75) is 49.6 Å². The minimum Gasteiger partial charge on any atom is -0.325 e. The Labute approximate surface area is 120 Å². The highest BCUT2D eigenvalue weighted by Gasteiger charge is 2.42. The van der Waals surface area contributed by atoms with Crippen LogP contribution in [0.25, 0.3) is 0 Å². The first-order chi connectivity index (χ1) is 9.63. The van der Waals surface area contributed by atoms with Crippen molar-refractivity contribution in [2.75, 3.05) is 6.54 Å². The summed E-state index contributed by atoms with van der Waals surface area (Å²) in [7, 11) is -3.40. The van der Waals surface area contributed by atoms with E-state index < -0.39 is 10.0 Å². The first-order valence-corrected chi connectivity index (χ1v) is 8.74. The molecule has 6 heteroatoms. The summed E-state index contributed by atoms with van der Waals surface area (Å²) in [5.41, 5.74) is 6.21. The number of aromatic nitrogens is 1. The van der Waals surface area contributed by atoms with Crippen LogP contribution >= 0.6 is 0 Å². The molecule has 0 bridgehead atoms. The molecule has 0 amide bonds. The van der Waals surface area contributed by atoms with Crippen LogP contribution in [0.1, 0.15) is 37.8 Å². The number of fused-ring (bicyclic) bond motifs is 1. The zero-order chi connectivity index (χ0) is 14.2. The molecule has 2 unspecified atom stereocenters. The summed E-state index contributed by atoms with van der Waals surface area (Å²) in [5, 5.41) is 0.